The molecule has 0 aliphatic heterocycles. The van der Waals surface area contributed by atoms with Crippen LogP contribution in [0.1, 0.15) is 110 Å². The van der Waals surface area contributed by atoms with Gasteiger partial charge >= 0.3 is 0 Å². The molecule has 2 nitrogen and oxygen atoms in total. The number of rotatable bonds is 6. The molecule has 3 saturated carbocycles. The van der Waals surface area contributed by atoms with Gasteiger partial charge in [-0.15, -0.1) is 0 Å². The summed E-state index contributed by atoms with van der Waals surface area (Å²) >= 11 is 0. The Kier molecular flexibility index (Phi) is 6.75. The lowest BCUT2D eigenvalue weighted by Gasteiger charge is -2.59. The summed E-state index contributed by atoms with van der Waals surface area (Å²) in [6.07, 6.45) is 14.0. The van der Waals surface area contributed by atoms with Crippen LogP contribution in [0.5, 0.6) is 0 Å². The van der Waals surface area contributed by atoms with Gasteiger partial charge in [0.15, 0.2) is 0 Å². The van der Waals surface area contributed by atoms with E-state index in [9.17, 15) is 14.6 Å². The molecular weight excluding hydrogens is 435 g/mol. The van der Waals surface area contributed by atoms with Gasteiger partial charge in [-0.1, -0.05) is 51.5 Å². The zero-order valence-corrected chi connectivity index (χ0v) is 22.4. The van der Waals surface area contributed by atoms with Crippen molar-refractivity contribution in [2.75, 3.05) is 0 Å². The molecule has 0 heterocycles. The fraction of sp³-hybridized carbons (Fsp3) is 0.750. The van der Waals surface area contributed by atoms with E-state index in [1.807, 2.05) is 6.07 Å². The van der Waals surface area contributed by atoms with Gasteiger partial charge in [-0.2, -0.15) is 0 Å². The van der Waals surface area contributed by atoms with Crippen LogP contribution in [0.4, 0.5) is 4.39 Å². The third-order valence-electron chi connectivity index (χ3n) is 11.8. The molecule has 1 unspecified atom stereocenters. The van der Waals surface area contributed by atoms with Gasteiger partial charge in [0.05, 0.1) is 11.7 Å². The minimum Gasteiger partial charge on any atom is -0.390 e. The summed E-state index contributed by atoms with van der Waals surface area (Å²) < 4.78 is 13.6. The molecule has 1 aromatic rings. The molecule has 0 radical (unpaired) electrons. The molecule has 1 aromatic carbocycles. The minimum atomic E-state index is -0.580. The van der Waals surface area contributed by atoms with Crippen LogP contribution in [0.2, 0.25) is 0 Å². The Hall–Kier alpha value is -1.19. The summed E-state index contributed by atoms with van der Waals surface area (Å²) in [5, 5.41) is 21.7. The highest BCUT2D eigenvalue weighted by atomic mass is 19.1. The highest BCUT2D eigenvalue weighted by Crippen LogP contribution is 2.67. The zero-order valence-electron chi connectivity index (χ0n) is 22.4. The van der Waals surface area contributed by atoms with Crippen LogP contribution in [-0.4, -0.2) is 15.8 Å². The molecule has 3 fully saturated rings. The number of hydrogen-bond acceptors (Lipinski definition) is 2. The Labute approximate surface area is 212 Å². The predicted molar refractivity (Wildman–Crippen MR) is 140 cm³/mol. The summed E-state index contributed by atoms with van der Waals surface area (Å²) in [5.41, 5.74) is 2.46. The quantitative estimate of drug-likeness (QED) is 0.403. The second-order valence-corrected chi connectivity index (χ2v) is 13.4. The summed E-state index contributed by atoms with van der Waals surface area (Å²) in [6.45, 7) is 9.65. The molecule has 0 aromatic heterocycles. The molecule has 0 amide bonds. The summed E-state index contributed by atoms with van der Waals surface area (Å²) in [7, 11) is 0. The molecule has 0 saturated heterocycles. The molecule has 2 N–H and O–H groups in total. The highest BCUT2D eigenvalue weighted by Gasteiger charge is 2.59. The molecule has 194 valence electrons. The Bertz CT molecular complexity index is 957. The van der Waals surface area contributed by atoms with Crippen LogP contribution >= 0.6 is 0 Å². The van der Waals surface area contributed by atoms with Crippen molar-refractivity contribution in [3.8, 4) is 0 Å². The number of benzene rings is 1. The SMILES string of the molecule is CC[C@]1(O)CC[C@@]2(C)C(=CC[C@H]3[C@@H]4CC[C@H]([C@H](C)CCC(O)c5cccc(F)c5)[C@@]4(C)CC[C@@H]32)C1. The van der Waals surface area contributed by atoms with E-state index in [4.69, 9.17) is 0 Å². The standard InChI is InChI=1S/C32H47FO2/c1-5-32(35)18-17-30(3)23(20-32)10-11-25-27-13-12-26(31(27,4)16-15-28(25)30)21(2)9-14-29(34)22-7-6-8-24(33)19-22/h6-8,10,19,21,25-29,34-35H,5,9,11-18,20H2,1-4H3/t21-,25+,26-,27+,28+,29?,30+,31-,32+/m1/s1. The van der Waals surface area contributed by atoms with Crippen LogP contribution in [0, 0.1) is 46.2 Å². The first-order chi connectivity index (χ1) is 16.6. The summed E-state index contributed by atoms with van der Waals surface area (Å²) in [6, 6.07) is 6.44. The second kappa shape index (κ2) is 9.28. The lowest BCUT2D eigenvalue weighted by atomic mass is 9.46. The topological polar surface area (TPSA) is 40.5 Å². The lowest BCUT2D eigenvalue weighted by molar-refractivity contribution is -0.0757. The fourth-order valence-corrected chi connectivity index (χ4v) is 9.49. The van der Waals surface area contributed by atoms with Crippen LogP contribution in [-0.2, 0) is 0 Å². The largest absolute Gasteiger partial charge is 0.390 e. The minimum absolute atomic E-state index is 0.270. The van der Waals surface area contributed by atoms with Gasteiger partial charge in [0.2, 0.25) is 0 Å². The van der Waals surface area contributed by atoms with Crippen molar-refractivity contribution in [1.82, 2.24) is 0 Å². The molecule has 5 rings (SSSR count). The maximum Gasteiger partial charge on any atom is 0.123 e. The maximum atomic E-state index is 13.6. The number of aliphatic hydroxyl groups is 2. The van der Waals surface area contributed by atoms with Crippen molar-refractivity contribution >= 4 is 0 Å². The Morgan fingerprint density at radius 1 is 1.06 bits per heavy atom. The smallest absolute Gasteiger partial charge is 0.123 e. The van der Waals surface area contributed by atoms with E-state index in [0.717, 1.165) is 49.9 Å². The number of hydrogen-bond donors (Lipinski definition) is 2. The summed E-state index contributed by atoms with van der Waals surface area (Å²) in [4.78, 5) is 0. The molecule has 4 aliphatic carbocycles. The number of aliphatic hydroxyl groups excluding tert-OH is 1. The molecule has 0 spiro atoms. The van der Waals surface area contributed by atoms with E-state index in [0.29, 0.717) is 29.2 Å². The van der Waals surface area contributed by atoms with Crippen molar-refractivity contribution in [3.63, 3.8) is 0 Å². The van der Waals surface area contributed by atoms with Crippen molar-refractivity contribution in [2.24, 2.45) is 40.4 Å². The number of allylic oxidation sites excluding steroid dienone is 1. The lowest BCUT2D eigenvalue weighted by Crippen LogP contribution is -2.52. The van der Waals surface area contributed by atoms with E-state index >= 15 is 0 Å². The van der Waals surface area contributed by atoms with E-state index < -0.39 is 11.7 Å². The normalized spacial score (nSPS) is 42.4. The molecule has 9 atom stereocenters. The van der Waals surface area contributed by atoms with Crippen LogP contribution in [0.15, 0.2) is 35.9 Å². The molecular formula is C32H47FO2. The molecule has 0 bridgehead atoms. The zero-order chi connectivity index (χ0) is 25.0. The third-order valence-corrected chi connectivity index (χ3v) is 11.8. The van der Waals surface area contributed by atoms with Gasteiger partial charge in [0, 0.05) is 0 Å². The van der Waals surface area contributed by atoms with Crippen molar-refractivity contribution in [2.45, 2.75) is 110 Å². The van der Waals surface area contributed by atoms with Crippen molar-refractivity contribution < 1.29 is 14.6 Å². The first-order valence-electron chi connectivity index (χ1n) is 14.4. The maximum absolute atomic E-state index is 13.6. The highest BCUT2D eigenvalue weighted by molar-refractivity contribution is 5.27. The second-order valence-electron chi connectivity index (χ2n) is 13.4. The average Bonchev–Trinajstić information content (AvgIpc) is 3.20. The van der Waals surface area contributed by atoms with Crippen LogP contribution in [0.25, 0.3) is 0 Å². The third kappa shape index (κ3) is 4.33. The van der Waals surface area contributed by atoms with Gasteiger partial charge in [-0.05, 0) is 129 Å². The van der Waals surface area contributed by atoms with Gasteiger partial charge in [0.1, 0.15) is 5.82 Å². The predicted octanol–water partition coefficient (Wildman–Crippen LogP) is 8.00. The van der Waals surface area contributed by atoms with Gasteiger partial charge in [-0.3, -0.25) is 0 Å². The van der Waals surface area contributed by atoms with E-state index in [1.165, 1.54) is 44.2 Å². The van der Waals surface area contributed by atoms with Gasteiger partial charge in [0.25, 0.3) is 0 Å². The van der Waals surface area contributed by atoms with Gasteiger partial charge in [-0.25, -0.2) is 4.39 Å². The Morgan fingerprint density at radius 2 is 1.86 bits per heavy atom. The van der Waals surface area contributed by atoms with Crippen LogP contribution in [0.3, 0.4) is 0 Å². The molecule has 4 aliphatic rings. The Morgan fingerprint density at radius 3 is 2.60 bits per heavy atom. The van der Waals surface area contributed by atoms with E-state index in [2.05, 4.69) is 33.8 Å². The van der Waals surface area contributed by atoms with E-state index in [1.54, 1.807) is 11.6 Å². The van der Waals surface area contributed by atoms with Crippen molar-refractivity contribution in [1.29, 1.82) is 0 Å². The van der Waals surface area contributed by atoms with Crippen molar-refractivity contribution in [3.05, 3.63) is 47.3 Å². The summed E-state index contributed by atoms with van der Waals surface area (Å²) in [5.74, 6) is 3.36. The molecule has 35 heavy (non-hydrogen) atoms. The number of fused-ring (bicyclic) bond motifs is 5. The first kappa shape index (κ1) is 25.5. The van der Waals surface area contributed by atoms with E-state index in [-0.39, 0.29) is 11.2 Å². The first-order valence-corrected chi connectivity index (χ1v) is 14.4. The Balaban J connectivity index is 1.27. The van der Waals surface area contributed by atoms with Gasteiger partial charge < -0.3 is 10.2 Å². The van der Waals surface area contributed by atoms with Crippen LogP contribution < -0.4 is 0 Å². The molecule has 3 heteroatoms. The fourth-order valence-electron chi connectivity index (χ4n) is 9.49. The average molecular weight is 483 g/mol. The number of halogens is 1. The monoisotopic (exact) mass is 482 g/mol.